The molecule has 1 unspecified atom stereocenters. The number of nitrogens with zero attached hydrogens (tertiary/aromatic N) is 1. The summed E-state index contributed by atoms with van der Waals surface area (Å²) >= 11 is 0. The molecule has 4 N–H and O–H groups in total. The maximum absolute atomic E-state index is 13.3. The lowest BCUT2D eigenvalue weighted by Gasteiger charge is -2.18. The zero-order valence-electron chi connectivity index (χ0n) is 13.5. The molecule has 5 nitrogen and oxygen atoms in total. The molecule has 0 saturated heterocycles. The van der Waals surface area contributed by atoms with E-state index in [4.69, 9.17) is 0 Å². The Balaban J connectivity index is 1.89. The predicted molar refractivity (Wildman–Crippen MR) is 92.5 cm³/mol. The van der Waals surface area contributed by atoms with Crippen molar-refractivity contribution < 1.29 is 14.6 Å². The van der Waals surface area contributed by atoms with Crippen molar-refractivity contribution in [2.75, 3.05) is 20.2 Å². The Labute approximate surface area is 140 Å². The molecule has 6 heteroatoms. The van der Waals surface area contributed by atoms with E-state index in [0.717, 1.165) is 5.56 Å². The number of hydrogen-bond donors (Lipinski definition) is 4. The summed E-state index contributed by atoms with van der Waals surface area (Å²) in [5.41, 5.74) is 1.73. The number of aliphatic hydroxyl groups is 1. The van der Waals surface area contributed by atoms with E-state index in [9.17, 15) is 14.6 Å². The summed E-state index contributed by atoms with van der Waals surface area (Å²) in [6.07, 6.45) is 0. The van der Waals surface area contributed by atoms with E-state index in [-0.39, 0.29) is 18.3 Å². The zero-order chi connectivity index (χ0) is 17.4. The van der Waals surface area contributed by atoms with Crippen LogP contribution in [0.15, 0.2) is 53.5 Å². The van der Waals surface area contributed by atoms with Crippen LogP contribution in [0, 0.1) is 5.82 Å². The molecule has 0 aromatic heterocycles. The van der Waals surface area contributed by atoms with Crippen molar-refractivity contribution in [1.29, 1.82) is 0 Å². The minimum atomic E-state index is -0.651. The average molecular weight is 331 g/mol. The first-order valence-corrected chi connectivity index (χ1v) is 7.71. The van der Waals surface area contributed by atoms with Gasteiger partial charge in [0.2, 0.25) is 0 Å². The van der Waals surface area contributed by atoms with Crippen molar-refractivity contribution >= 4 is 5.96 Å². The quantitative estimate of drug-likeness (QED) is 0.482. The third-order valence-electron chi connectivity index (χ3n) is 3.70. The third-order valence-corrected chi connectivity index (χ3v) is 3.70. The van der Waals surface area contributed by atoms with Crippen molar-refractivity contribution in [3.63, 3.8) is 0 Å². The van der Waals surface area contributed by atoms with Crippen molar-refractivity contribution in [3.05, 3.63) is 65.5 Å². The third kappa shape index (κ3) is 4.96. The van der Waals surface area contributed by atoms with Gasteiger partial charge in [0.15, 0.2) is 17.5 Å². The van der Waals surface area contributed by atoms with E-state index in [1.165, 1.54) is 12.1 Å². The Morgan fingerprint density at radius 1 is 1.17 bits per heavy atom. The second-order valence-electron chi connectivity index (χ2n) is 5.38. The van der Waals surface area contributed by atoms with E-state index in [1.54, 1.807) is 13.1 Å². The van der Waals surface area contributed by atoms with Gasteiger partial charge < -0.3 is 20.8 Å². The number of phenolic OH excluding ortho intramolecular Hbond substituents is 1. The van der Waals surface area contributed by atoms with Crippen LogP contribution in [0.5, 0.6) is 5.75 Å². The van der Waals surface area contributed by atoms with Gasteiger partial charge in [-0.3, -0.25) is 4.99 Å². The Hall–Kier alpha value is -2.60. The van der Waals surface area contributed by atoms with Crippen LogP contribution in [0.25, 0.3) is 0 Å². The van der Waals surface area contributed by atoms with Gasteiger partial charge in [0, 0.05) is 26.1 Å². The van der Waals surface area contributed by atoms with Crippen molar-refractivity contribution in [2.24, 2.45) is 4.99 Å². The highest BCUT2D eigenvalue weighted by Crippen LogP contribution is 2.16. The molecule has 0 aliphatic heterocycles. The fourth-order valence-electron chi connectivity index (χ4n) is 2.30. The van der Waals surface area contributed by atoms with Gasteiger partial charge in [0.1, 0.15) is 0 Å². The fourth-order valence-corrected chi connectivity index (χ4v) is 2.30. The van der Waals surface area contributed by atoms with Crippen LogP contribution >= 0.6 is 0 Å². The first-order valence-electron chi connectivity index (χ1n) is 7.71. The summed E-state index contributed by atoms with van der Waals surface area (Å²) in [6.45, 7) is 0.910. The van der Waals surface area contributed by atoms with E-state index >= 15 is 0 Å². The maximum Gasteiger partial charge on any atom is 0.191 e. The molecule has 0 spiro atoms. The smallest absolute Gasteiger partial charge is 0.191 e. The molecular weight excluding hydrogens is 309 g/mol. The zero-order valence-corrected chi connectivity index (χ0v) is 13.5. The second kappa shape index (κ2) is 8.88. The van der Waals surface area contributed by atoms with Crippen molar-refractivity contribution in [2.45, 2.75) is 12.5 Å². The van der Waals surface area contributed by atoms with Crippen LogP contribution in [0.3, 0.4) is 0 Å². The molecule has 0 aliphatic rings. The molecule has 0 heterocycles. The minimum Gasteiger partial charge on any atom is -0.505 e. The summed E-state index contributed by atoms with van der Waals surface area (Å²) in [5.74, 6) is -0.509. The number of phenols is 1. The van der Waals surface area contributed by atoms with E-state index in [1.807, 2.05) is 30.3 Å². The normalized spacial score (nSPS) is 12.7. The van der Waals surface area contributed by atoms with Crippen LogP contribution in [-0.2, 0) is 6.54 Å². The predicted octanol–water partition coefficient (Wildman–Crippen LogP) is 1.97. The highest BCUT2D eigenvalue weighted by atomic mass is 19.1. The first-order chi connectivity index (χ1) is 11.6. The molecule has 0 amide bonds. The number of nitrogens with one attached hydrogen (secondary N) is 2. The SMILES string of the molecule is CN=C(NCc1ccc(O)c(F)c1)NCC(CO)c1ccccc1. The molecule has 0 saturated carbocycles. The first kappa shape index (κ1) is 17.7. The van der Waals surface area contributed by atoms with E-state index in [2.05, 4.69) is 15.6 Å². The molecule has 2 aromatic rings. The minimum absolute atomic E-state index is 0.0250. The molecule has 24 heavy (non-hydrogen) atoms. The number of rotatable bonds is 6. The summed E-state index contributed by atoms with van der Waals surface area (Å²) in [4.78, 5) is 4.11. The Bertz CT molecular complexity index is 677. The number of aromatic hydroxyl groups is 1. The average Bonchev–Trinajstić information content (AvgIpc) is 2.62. The number of guanidine groups is 1. The molecule has 0 fully saturated rings. The van der Waals surface area contributed by atoms with Gasteiger partial charge >= 0.3 is 0 Å². The number of aliphatic hydroxyl groups excluding tert-OH is 1. The van der Waals surface area contributed by atoms with E-state index in [0.29, 0.717) is 24.6 Å². The van der Waals surface area contributed by atoms with Gasteiger partial charge in [0.25, 0.3) is 0 Å². The Morgan fingerprint density at radius 3 is 2.54 bits per heavy atom. The molecule has 0 radical (unpaired) electrons. The van der Waals surface area contributed by atoms with Crippen LogP contribution in [-0.4, -0.2) is 36.4 Å². The number of hydrogen-bond acceptors (Lipinski definition) is 3. The fraction of sp³-hybridized carbons (Fsp3) is 0.278. The van der Waals surface area contributed by atoms with Gasteiger partial charge in [-0.25, -0.2) is 4.39 Å². The van der Waals surface area contributed by atoms with Crippen LogP contribution in [0.1, 0.15) is 17.0 Å². The second-order valence-corrected chi connectivity index (χ2v) is 5.38. The lowest BCUT2D eigenvalue weighted by Crippen LogP contribution is -2.39. The van der Waals surface area contributed by atoms with Gasteiger partial charge in [-0.2, -0.15) is 0 Å². The largest absolute Gasteiger partial charge is 0.505 e. The van der Waals surface area contributed by atoms with E-state index < -0.39 is 5.82 Å². The van der Waals surface area contributed by atoms with Gasteiger partial charge in [-0.05, 0) is 23.3 Å². The van der Waals surface area contributed by atoms with Crippen molar-refractivity contribution in [1.82, 2.24) is 10.6 Å². The highest BCUT2D eigenvalue weighted by Gasteiger charge is 2.11. The van der Waals surface area contributed by atoms with Crippen LogP contribution < -0.4 is 10.6 Å². The van der Waals surface area contributed by atoms with Gasteiger partial charge in [0.05, 0.1) is 6.61 Å². The molecule has 128 valence electrons. The monoisotopic (exact) mass is 331 g/mol. The standard InChI is InChI=1S/C18H22FN3O2/c1-20-18(21-10-13-7-8-17(24)16(19)9-13)22-11-15(12-23)14-5-3-2-4-6-14/h2-9,15,23-24H,10-12H2,1H3,(H2,20,21,22). The summed E-state index contributed by atoms with van der Waals surface area (Å²) in [6, 6.07) is 14.0. The van der Waals surface area contributed by atoms with Crippen molar-refractivity contribution in [3.8, 4) is 5.75 Å². The van der Waals surface area contributed by atoms with Crippen LogP contribution in [0.2, 0.25) is 0 Å². The summed E-state index contributed by atoms with van der Waals surface area (Å²) in [7, 11) is 1.64. The lowest BCUT2D eigenvalue weighted by molar-refractivity contribution is 0.265. The lowest BCUT2D eigenvalue weighted by atomic mass is 10.0. The van der Waals surface area contributed by atoms with Gasteiger partial charge in [-0.1, -0.05) is 36.4 Å². The number of aliphatic imine (C=N–C) groups is 1. The number of benzene rings is 2. The molecule has 0 aliphatic carbocycles. The molecule has 0 bridgehead atoms. The Kier molecular flexibility index (Phi) is 6.57. The molecule has 2 rings (SSSR count). The molecule has 2 aromatic carbocycles. The summed E-state index contributed by atoms with van der Waals surface area (Å²) < 4.78 is 13.3. The molecular formula is C18H22FN3O2. The van der Waals surface area contributed by atoms with Crippen LogP contribution in [0.4, 0.5) is 4.39 Å². The topological polar surface area (TPSA) is 76.9 Å². The summed E-state index contributed by atoms with van der Waals surface area (Å²) in [5, 5.41) is 25.0. The Morgan fingerprint density at radius 2 is 1.92 bits per heavy atom. The number of halogens is 1. The molecule has 1 atom stereocenters. The van der Waals surface area contributed by atoms with Gasteiger partial charge in [-0.15, -0.1) is 0 Å². The highest BCUT2D eigenvalue weighted by molar-refractivity contribution is 5.79. The maximum atomic E-state index is 13.3.